The van der Waals surface area contributed by atoms with Crippen molar-refractivity contribution < 1.29 is 122 Å². The van der Waals surface area contributed by atoms with E-state index in [-0.39, 0.29) is 19.5 Å². The largest absolute Gasteiger partial charge is 0.463 e. The van der Waals surface area contributed by atoms with Gasteiger partial charge in [0.05, 0.1) is 13.2 Å². The molecule has 404 valence electrons. The molecule has 73 heavy (non-hydrogen) atoms. The molecule has 2 aliphatic heterocycles. The number of carbonyl (C=O) groups is 8. The number of allylic oxidation sites excluding steroid dienone is 2. The number of carbonyl (C=O) groups excluding carboxylic acids is 8. The number of aliphatic hydroxyl groups excluding tert-OH is 1. The molecule has 5 rings (SSSR count). The fourth-order valence-electron chi connectivity index (χ4n) is 8.23. The Morgan fingerprint density at radius 1 is 0.548 bits per heavy atom. The predicted molar refractivity (Wildman–Crippen MR) is 233 cm³/mol. The Morgan fingerprint density at radius 2 is 0.904 bits per heavy atom. The molecular weight excluding hydrogens is 1040 g/mol. The molecule has 2 saturated heterocycles. The first-order valence-electron chi connectivity index (χ1n) is 21.8. The maximum atomic E-state index is 16.2. The second-order valence-electron chi connectivity index (χ2n) is 16.8. The highest BCUT2D eigenvalue weighted by Crippen LogP contribution is 2.66. The summed E-state index contributed by atoms with van der Waals surface area (Å²) in [6.07, 6.45) is -19.4. The molecule has 4 heterocycles. The standard InChI is InChI=1S/C45H50F6O20S2/c1-16(52)33(60)35-37(66-22(7)56)38(67-23(8)57)40(69-25(10)59)42(71-35)63-14-27-12-29(18(3)73-27)32-31(43(46,47)45(50,51)44(32,48)49)28-11-26(72-17(28)2)13-62-41-39(68-24(9)58)36(65-21(6)55)34(64-20(5)54)30(70-41)15-61-19(4)53/h11-12,30,33-42,60H,13-15H2,1-10H3/t30-,33?,34-,35-,36+,37-,38+,39-,40-,41-,42-/m1/s1. The van der Waals surface area contributed by atoms with Gasteiger partial charge in [-0.2, -0.15) is 26.3 Å². The van der Waals surface area contributed by atoms with E-state index in [1.165, 1.54) is 13.8 Å². The highest BCUT2D eigenvalue weighted by Gasteiger charge is 2.80. The van der Waals surface area contributed by atoms with Crippen LogP contribution in [-0.4, -0.2) is 145 Å². The number of ketones is 1. The highest BCUT2D eigenvalue weighted by molar-refractivity contribution is 7.12. The molecule has 2 aromatic heterocycles. The molecule has 11 atom stereocenters. The normalized spacial score (nSPS) is 27.5. The van der Waals surface area contributed by atoms with Gasteiger partial charge in [-0.05, 0) is 44.0 Å². The summed E-state index contributed by atoms with van der Waals surface area (Å²) in [6, 6.07) is 1.76. The van der Waals surface area contributed by atoms with Crippen LogP contribution in [0.2, 0.25) is 0 Å². The number of hydrogen-bond donors (Lipinski definition) is 1. The molecule has 2 fully saturated rings. The van der Waals surface area contributed by atoms with Crippen LogP contribution in [0.4, 0.5) is 26.3 Å². The Hall–Kier alpha value is -5.52. The molecule has 2 aromatic rings. The lowest BCUT2D eigenvalue weighted by atomic mass is 9.93. The quantitative estimate of drug-likeness (QED) is 0.119. The van der Waals surface area contributed by atoms with Crippen LogP contribution in [0.3, 0.4) is 0 Å². The fraction of sp³-hybridized carbons (Fsp3) is 0.600. The van der Waals surface area contributed by atoms with Crippen LogP contribution in [0.1, 0.15) is 86.0 Å². The van der Waals surface area contributed by atoms with Gasteiger partial charge in [0.15, 0.2) is 55.0 Å². The Bertz CT molecular complexity index is 2510. The lowest BCUT2D eigenvalue weighted by molar-refractivity contribution is -0.315. The van der Waals surface area contributed by atoms with Crippen LogP contribution in [0.15, 0.2) is 12.1 Å². The molecule has 3 aliphatic rings. The molecule has 0 amide bonds. The van der Waals surface area contributed by atoms with Crippen molar-refractivity contribution in [3.63, 3.8) is 0 Å². The number of aliphatic hydroxyl groups is 1. The van der Waals surface area contributed by atoms with Crippen LogP contribution in [-0.2, 0) is 104 Å². The smallest absolute Gasteiger partial charge is 0.380 e. The third-order valence-corrected chi connectivity index (χ3v) is 13.1. The summed E-state index contributed by atoms with van der Waals surface area (Å²) in [6.45, 7) is 7.99. The van der Waals surface area contributed by atoms with Crippen molar-refractivity contribution in [3.05, 3.63) is 42.8 Å². The first-order chi connectivity index (χ1) is 33.8. The molecule has 28 heteroatoms. The van der Waals surface area contributed by atoms with Crippen LogP contribution >= 0.6 is 22.7 Å². The summed E-state index contributed by atoms with van der Waals surface area (Å²) in [4.78, 5) is 96.9. The van der Waals surface area contributed by atoms with Gasteiger partial charge >= 0.3 is 59.6 Å². The van der Waals surface area contributed by atoms with Gasteiger partial charge in [-0.3, -0.25) is 38.4 Å². The van der Waals surface area contributed by atoms with Crippen molar-refractivity contribution in [2.45, 2.75) is 168 Å². The van der Waals surface area contributed by atoms with E-state index in [0.29, 0.717) is 22.7 Å². The third kappa shape index (κ3) is 12.7. The molecule has 0 aromatic carbocycles. The first-order valence-corrected chi connectivity index (χ1v) is 23.4. The van der Waals surface area contributed by atoms with E-state index in [9.17, 15) is 43.5 Å². The van der Waals surface area contributed by atoms with E-state index in [1.54, 1.807) is 0 Å². The van der Waals surface area contributed by atoms with Crippen molar-refractivity contribution in [1.82, 2.24) is 0 Å². The molecule has 20 nitrogen and oxygen atoms in total. The Morgan fingerprint density at radius 3 is 1.29 bits per heavy atom. The number of rotatable bonds is 18. The molecule has 1 unspecified atom stereocenters. The Labute approximate surface area is 419 Å². The maximum absolute atomic E-state index is 16.2. The number of halogens is 6. The zero-order valence-electron chi connectivity index (χ0n) is 40.4. The number of esters is 7. The first kappa shape index (κ1) is 58.4. The van der Waals surface area contributed by atoms with Gasteiger partial charge in [0.2, 0.25) is 0 Å². The minimum Gasteiger partial charge on any atom is -0.463 e. The van der Waals surface area contributed by atoms with Crippen molar-refractivity contribution in [3.8, 4) is 0 Å². The van der Waals surface area contributed by atoms with E-state index in [2.05, 4.69) is 0 Å². The average Bonchev–Trinajstić information content (AvgIpc) is 3.84. The van der Waals surface area contributed by atoms with Crippen LogP contribution in [0.25, 0.3) is 11.1 Å². The van der Waals surface area contributed by atoms with Gasteiger partial charge in [-0.25, -0.2) is 0 Å². The highest BCUT2D eigenvalue weighted by atomic mass is 32.1. The second-order valence-corrected chi connectivity index (χ2v) is 19.5. The van der Waals surface area contributed by atoms with Gasteiger partial charge in [0, 0.05) is 79.1 Å². The number of thiophene rings is 2. The molecular formula is C45H50F6O20S2. The monoisotopic (exact) mass is 1090 g/mol. The van der Waals surface area contributed by atoms with E-state index in [0.717, 1.165) is 67.5 Å². The minimum absolute atomic E-state index is 0.0660. The molecule has 0 radical (unpaired) electrons. The SMILES string of the molecule is CC(=O)OC[C@H]1O[C@@H](OCc2cc(C3=C(c4cc(CO[C@@H]5O[C@H](C(O)C(C)=O)[C@@H](OC(C)=O)[C@H](OC(C)=O)[C@H]5OC(C)=O)sc4C)C(F)(F)C(F)(F)C3(F)F)c(C)s2)[C@H](OC(C)=O)[C@@H](OC(C)=O)[C@@H]1OC(C)=O. The average molecular weight is 1090 g/mol. The van der Waals surface area contributed by atoms with Crippen molar-refractivity contribution in [2.75, 3.05) is 6.61 Å². The topological polar surface area (TPSA) is 258 Å². The van der Waals surface area contributed by atoms with Crippen LogP contribution in [0, 0.1) is 13.8 Å². The maximum Gasteiger partial charge on any atom is 0.380 e. The Balaban J connectivity index is 1.53. The van der Waals surface area contributed by atoms with E-state index >= 15 is 26.3 Å². The Kier molecular flexibility index (Phi) is 18.3. The zero-order valence-corrected chi connectivity index (χ0v) is 42.0. The lowest BCUT2D eigenvalue weighted by Gasteiger charge is -2.45. The summed E-state index contributed by atoms with van der Waals surface area (Å²) in [5.41, 5.74) is -5.03. The van der Waals surface area contributed by atoms with Crippen molar-refractivity contribution in [2.24, 2.45) is 0 Å². The third-order valence-electron chi connectivity index (χ3n) is 11.0. The van der Waals surface area contributed by atoms with Crippen LogP contribution in [0.5, 0.6) is 0 Å². The van der Waals surface area contributed by atoms with Gasteiger partial charge in [0.25, 0.3) is 0 Å². The lowest BCUT2D eigenvalue weighted by Crippen LogP contribution is -2.65. The van der Waals surface area contributed by atoms with Crippen molar-refractivity contribution >= 4 is 81.4 Å². The number of ether oxygens (including phenoxy) is 11. The van der Waals surface area contributed by atoms with E-state index in [4.69, 9.17) is 52.1 Å². The summed E-state index contributed by atoms with van der Waals surface area (Å²) >= 11 is 1.28. The van der Waals surface area contributed by atoms with Gasteiger partial charge in [0.1, 0.15) is 24.9 Å². The molecule has 1 N–H and O–H groups in total. The second kappa shape index (κ2) is 22.9. The number of aryl methyl sites for hydroxylation is 2. The zero-order chi connectivity index (χ0) is 54.8. The molecule has 1 aliphatic carbocycles. The fourth-order valence-corrected chi connectivity index (χ4v) is 10.2. The van der Waals surface area contributed by atoms with Crippen LogP contribution < -0.4 is 0 Å². The van der Waals surface area contributed by atoms with Gasteiger partial charge in [-0.15, -0.1) is 22.7 Å². The molecule has 0 saturated carbocycles. The summed E-state index contributed by atoms with van der Waals surface area (Å²) in [5.74, 6) is -24.7. The summed E-state index contributed by atoms with van der Waals surface area (Å²) in [5, 5.41) is 10.8. The number of Topliss-reactive ketones (excluding diaryl/α,β-unsaturated/α-hetero) is 1. The van der Waals surface area contributed by atoms with Gasteiger partial charge in [-0.1, -0.05) is 0 Å². The molecule has 0 bridgehead atoms. The van der Waals surface area contributed by atoms with Gasteiger partial charge < -0.3 is 57.2 Å². The predicted octanol–water partition coefficient (Wildman–Crippen LogP) is 4.84. The van der Waals surface area contributed by atoms with Crippen molar-refractivity contribution in [1.29, 1.82) is 0 Å². The van der Waals surface area contributed by atoms with E-state index < -0.39 is 175 Å². The van der Waals surface area contributed by atoms with E-state index in [1.807, 2.05) is 0 Å². The number of hydrogen-bond acceptors (Lipinski definition) is 22. The number of alkyl halides is 6. The minimum atomic E-state index is -6.01. The summed E-state index contributed by atoms with van der Waals surface area (Å²) in [7, 11) is 0. The summed E-state index contributed by atoms with van der Waals surface area (Å²) < 4.78 is 156. The molecule has 0 spiro atoms.